The highest BCUT2D eigenvalue weighted by atomic mass is 127. The number of halogens is 2. The molecule has 0 saturated carbocycles. The quantitative estimate of drug-likeness (QED) is 0.0780. The molecule has 3 rings (SSSR count). The molecular formula is C29H39I2N5O2. The van der Waals surface area contributed by atoms with Gasteiger partial charge in [-0.05, 0) is 35.6 Å². The van der Waals surface area contributed by atoms with Crippen molar-refractivity contribution in [2.45, 2.75) is 72.0 Å². The van der Waals surface area contributed by atoms with Crippen molar-refractivity contribution in [1.82, 2.24) is 10.7 Å². The summed E-state index contributed by atoms with van der Waals surface area (Å²) < 4.78 is 4.33. The van der Waals surface area contributed by atoms with Crippen molar-refractivity contribution in [3.8, 4) is 0 Å². The first kappa shape index (κ1) is 33.7. The van der Waals surface area contributed by atoms with Gasteiger partial charge in [0.05, 0.1) is 5.69 Å². The minimum atomic E-state index is -0.724. The molecule has 206 valence electrons. The van der Waals surface area contributed by atoms with E-state index in [1.54, 1.807) is 0 Å². The third-order valence-electron chi connectivity index (χ3n) is 6.13. The molecule has 0 bridgehead atoms. The smallest absolute Gasteiger partial charge is 0.327 e. The average molecular weight is 743 g/mol. The van der Waals surface area contributed by atoms with Crippen LogP contribution in [0.2, 0.25) is 0 Å². The number of amides is 2. The molecule has 0 radical (unpaired) electrons. The summed E-state index contributed by atoms with van der Waals surface area (Å²) >= 11 is 0. The molecule has 2 heterocycles. The molecule has 9 heteroatoms. The number of unbranched alkanes of at least 4 members (excludes halogenated alkanes) is 2. The van der Waals surface area contributed by atoms with E-state index in [0.717, 1.165) is 55.6 Å². The van der Waals surface area contributed by atoms with Crippen LogP contribution >= 0.6 is 0 Å². The number of carbonyl (C=O) groups is 2. The van der Waals surface area contributed by atoms with Crippen LogP contribution in [0.4, 0.5) is 5.69 Å². The minimum absolute atomic E-state index is 0. The lowest BCUT2D eigenvalue weighted by Gasteiger charge is -2.13. The summed E-state index contributed by atoms with van der Waals surface area (Å²) in [7, 11) is 0. The third-order valence-corrected chi connectivity index (χ3v) is 6.13. The van der Waals surface area contributed by atoms with Crippen LogP contribution in [0.25, 0.3) is 0 Å². The fraction of sp³-hybridized carbons (Fsp3) is 0.379. The molecule has 0 atom stereocenters. The molecule has 0 fully saturated rings. The van der Waals surface area contributed by atoms with Gasteiger partial charge in [-0.3, -0.25) is 20.4 Å². The van der Waals surface area contributed by atoms with Gasteiger partial charge in [-0.25, -0.2) is 9.13 Å². The number of hydrogen-bond acceptors (Lipinski definition) is 3. The molecule has 0 spiro atoms. The van der Waals surface area contributed by atoms with Crippen molar-refractivity contribution >= 4 is 17.5 Å². The van der Waals surface area contributed by atoms with Crippen molar-refractivity contribution < 1.29 is 66.7 Å². The highest BCUT2D eigenvalue weighted by Gasteiger charge is 2.14. The van der Waals surface area contributed by atoms with Crippen LogP contribution in [0.1, 0.15) is 56.2 Å². The Balaban J connectivity index is 0.00000361. The molecule has 0 saturated heterocycles. The number of hydrogen-bond donors (Lipinski definition) is 3. The Morgan fingerprint density at radius 3 is 1.84 bits per heavy atom. The maximum absolute atomic E-state index is 12.3. The summed E-state index contributed by atoms with van der Waals surface area (Å²) in [6.45, 7) is 6.68. The molecule has 0 unspecified atom stereocenters. The van der Waals surface area contributed by atoms with E-state index in [1.165, 1.54) is 18.4 Å². The van der Waals surface area contributed by atoms with Crippen LogP contribution in [0.3, 0.4) is 0 Å². The van der Waals surface area contributed by atoms with Gasteiger partial charge in [0.2, 0.25) is 0 Å². The van der Waals surface area contributed by atoms with E-state index in [-0.39, 0.29) is 48.0 Å². The monoisotopic (exact) mass is 743 g/mol. The largest absolute Gasteiger partial charge is 1.00 e. The SMILES string of the molecule is CCCC[n+]1ccc(CCc2ccccc2NNC(=O)C(=O)NCc2cc[n+](CCCC)cc2)cc1.[I-].[I-]. The van der Waals surface area contributed by atoms with Crippen LogP contribution in [0, 0.1) is 0 Å². The number of para-hydroxylation sites is 1. The van der Waals surface area contributed by atoms with Gasteiger partial charge in [0.1, 0.15) is 13.1 Å². The Hall–Kier alpha value is -2.28. The van der Waals surface area contributed by atoms with Crippen LogP contribution in [-0.4, -0.2) is 11.8 Å². The fourth-order valence-corrected chi connectivity index (χ4v) is 3.82. The van der Waals surface area contributed by atoms with E-state index >= 15 is 0 Å². The molecule has 1 aromatic carbocycles. The zero-order chi connectivity index (χ0) is 25.6. The molecule has 3 N–H and O–H groups in total. The molecule has 3 aromatic rings. The van der Waals surface area contributed by atoms with Gasteiger partial charge in [0.25, 0.3) is 0 Å². The van der Waals surface area contributed by atoms with Crippen molar-refractivity contribution in [2.75, 3.05) is 5.43 Å². The number of nitrogens with zero attached hydrogens (tertiary/aromatic N) is 2. The van der Waals surface area contributed by atoms with Crippen LogP contribution in [0.15, 0.2) is 73.3 Å². The fourth-order valence-electron chi connectivity index (χ4n) is 3.82. The first-order valence-electron chi connectivity index (χ1n) is 13.0. The normalized spacial score (nSPS) is 10.1. The van der Waals surface area contributed by atoms with E-state index in [0.29, 0.717) is 6.54 Å². The van der Waals surface area contributed by atoms with Crippen LogP contribution < -0.4 is 73.3 Å². The second-order valence-electron chi connectivity index (χ2n) is 9.01. The van der Waals surface area contributed by atoms with E-state index in [4.69, 9.17) is 0 Å². The Bertz CT molecular complexity index is 1110. The number of benzene rings is 1. The van der Waals surface area contributed by atoms with Gasteiger partial charge in [-0.1, -0.05) is 44.9 Å². The number of carbonyl (C=O) groups excluding carboxylic acids is 2. The Morgan fingerprint density at radius 2 is 1.26 bits per heavy atom. The van der Waals surface area contributed by atoms with Gasteiger partial charge in [0.15, 0.2) is 24.8 Å². The summed E-state index contributed by atoms with van der Waals surface area (Å²) in [5.74, 6) is -1.40. The Kier molecular flexibility index (Phi) is 16.8. The van der Waals surface area contributed by atoms with Gasteiger partial charge in [-0.15, -0.1) is 0 Å². The lowest BCUT2D eigenvalue weighted by Crippen LogP contribution is -3.00. The van der Waals surface area contributed by atoms with Crippen LogP contribution in [0.5, 0.6) is 0 Å². The number of nitrogens with one attached hydrogen (secondary N) is 3. The van der Waals surface area contributed by atoms with Gasteiger partial charge < -0.3 is 53.3 Å². The Labute approximate surface area is 260 Å². The average Bonchev–Trinajstić information content (AvgIpc) is 2.92. The predicted molar refractivity (Wildman–Crippen MR) is 141 cm³/mol. The van der Waals surface area contributed by atoms with E-state index < -0.39 is 11.8 Å². The van der Waals surface area contributed by atoms with Crippen molar-refractivity contribution in [1.29, 1.82) is 0 Å². The summed E-state index contributed by atoms with van der Waals surface area (Å²) in [4.78, 5) is 24.6. The summed E-state index contributed by atoms with van der Waals surface area (Å²) in [5, 5.41) is 2.67. The second-order valence-corrected chi connectivity index (χ2v) is 9.01. The number of hydrazine groups is 1. The molecular weight excluding hydrogens is 704 g/mol. The van der Waals surface area contributed by atoms with Crippen molar-refractivity contribution in [3.63, 3.8) is 0 Å². The zero-order valence-corrected chi connectivity index (χ0v) is 26.6. The highest BCUT2D eigenvalue weighted by Crippen LogP contribution is 2.16. The highest BCUT2D eigenvalue weighted by molar-refractivity contribution is 6.35. The summed E-state index contributed by atoms with van der Waals surface area (Å²) in [5.41, 5.74) is 9.51. The van der Waals surface area contributed by atoms with E-state index in [2.05, 4.69) is 63.7 Å². The standard InChI is InChI=1S/C29H37N5O2.2HI/c1-3-5-17-33-19-13-24(14-20-33)11-12-26-9-7-8-10-27(26)31-32-29(36)28(35)30-23-25-15-21-34(22-16-25)18-6-4-2;;/h7-10,13-16,19-22H,3-6,11-12,17-18,23H2,1-2H3,(H-2,30,31,32,35,36);2*1H. The summed E-state index contributed by atoms with van der Waals surface area (Å²) in [6.07, 6.45) is 14.6. The number of rotatable bonds is 13. The second kappa shape index (κ2) is 18.9. The number of anilines is 1. The lowest BCUT2D eigenvalue weighted by atomic mass is 10.0. The number of aromatic nitrogens is 2. The minimum Gasteiger partial charge on any atom is -1.00 e. The van der Waals surface area contributed by atoms with Crippen molar-refractivity contribution in [3.05, 3.63) is 90.0 Å². The van der Waals surface area contributed by atoms with Crippen LogP contribution in [-0.2, 0) is 42.1 Å². The molecule has 0 aliphatic rings. The molecule has 2 amide bonds. The van der Waals surface area contributed by atoms with Gasteiger partial charge in [0, 0.05) is 43.7 Å². The maximum Gasteiger partial charge on any atom is 0.327 e. The Morgan fingerprint density at radius 1 is 0.711 bits per heavy atom. The summed E-state index contributed by atoms with van der Waals surface area (Å²) in [6, 6.07) is 16.0. The van der Waals surface area contributed by atoms with E-state index in [9.17, 15) is 9.59 Å². The molecule has 2 aromatic heterocycles. The molecule has 7 nitrogen and oxygen atoms in total. The maximum atomic E-state index is 12.3. The van der Waals surface area contributed by atoms with Crippen molar-refractivity contribution in [2.24, 2.45) is 0 Å². The number of pyridine rings is 2. The van der Waals surface area contributed by atoms with E-state index in [1.807, 2.05) is 48.8 Å². The molecule has 38 heavy (non-hydrogen) atoms. The zero-order valence-electron chi connectivity index (χ0n) is 22.3. The molecule has 0 aliphatic heterocycles. The third kappa shape index (κ3) is 11.6. The first-order valence-corrected chi connectivity index (χ1v) is 13.0. The van der Waals surface area contributed by atoms with Gasteiger partial charge in [-0.2, -0.15) is 0 Å². The predicted octanol–water partition coefficient (Wildman–Crippen LogP) is -2.59. The van der Waals surface area contributed by atoms with Gasteiger partial charge >= 0.3 is 11.8 Å². The lowest BCUT2D eigenvalue weighted by molar-refractivity contribution is -0.697. The molecule has 0 aliphatic carbocycles. The number of aryl methyl sites for hydroxylation is 4. The first-order chi connectivity index (χ1) is 17.6. The topological polar surface area (TPSA) is 78.0 Å².